The molecule has 0 aliphatic rings. The second-order valence-electron chi connectivity index (χ2n) is 3.70. The van der Waals surface area contributed by atoms with Crippen molar-refractivity contribution >= 4 is 22.8 Å². The van der Waals surface area contributed by atoms with E-state index >= 15 is 0 Å². The van der Waals surface area contributed by atoms with Crippen LogP contribution in [-0.4, -0.2) is 11.1 Å². The number of hydrogen-bond donors (Lipinski definition) is 1. The average Bonchev–Trinajstić information content (AvgIpc) is 2.29. The summed E-state index contributed by atoms with van der Waals surface area (Å²) in [6.07, 6.45) is 1.70. The highest BCUT2D eigenvalue weighted by Crippen LogP contribution is 2.20. The number of carboxylic acids is 1. The van der Waals surface area contributed by atoms with Crippen molar-refractivity contribution in [2.24, 2.45) is 0 Å². The molecule has 0 aliphatic carbocycles. The predicted molar refractivity (Wildman–Crippen MR) is 65.2 cm³/mol. The molecule has 0 aliphatic heterocycles. The summed E-state index contributed by atoms with van der Waals surface area (Å²) < 4.78 is 0. The van der Waals surface area contributed by atoms with Crippen LogP contribution in [0.3, 0.4) is 0 Å². The zero-order chi connectivity index (χ0) is 11.5. The molecule has 0 amide bonds. The van der Waals surface area contributed by atoms with Gasteiger partial charge in [-0.1, -0.05) is 42.5 Å². The molecule has 0 heterocycles. The fourth-order valence-corrected chi connectivity index (χ4v) is 1.67. The molecule has 1 N–H and O–H groups in total. The maximum atomic E-state index is 10.8. The lowest BCUT2D eigenvalue weighted by molar-refractivity contribution is -0.132. The van der Waals surface area contributed by atoms with Gasteiger partial charge in [0, 0.05) is 5.57 Å². The van der Waals surface area contributed by atoms with E-state index in [2.05, 4.69) is 0 Å². The van der Waals surface area contributed by atoms with Crippen LogP contribution in [0.25, 0.3) is 16.8 Å². The van der Waals surface area contributed by atoms with Gasteiger partial charge in [0.1, 0.15) is 0 Å². The quantitative estimate of drug-likeness (QED) is 0.775. The number of carboxylic acid groups (broad SMARTS) is 1. The van der Waals surface area contributed by atoms with Crippen LogP contribution in [0, 0.1) is 0 Å². The number of fused-ring (bicyclic) bond motifs is 1. The highest BCUT2D eigenvalue weighted by atomic mass is 16.4. The monoisotopic (exact) mass is 212 g/mol. The van der Waals surface area contributed by atoms with Crippen molar-refractivity contribution < 1.29 is 9.90 Å². The molecule has 0 radical (unpaired) electrons. The third-order valence-electron chi connectivity index (χ3n) is 2.53. The Hall–Kier alpha value is -2.09. The largest absolute Gasteiger partial charge is 0.478 e. The Morgan fingerprint density at radius 3 is 2.56 bits per heavy atom. The summed E-state index contributed by atoms with van der Waals surface area (Å²) in [5, 5.41) is 11.0. The first-order chi connectivity index (χ1) is 7.68. The second-order valence-corrected chi connectivity index (χ2v) is 3.70. The second kappa shape index (κ2) is 4.19. The van der Waals surface area contributed by atoms with Gasteiger partial charge in [-0.3, -0.25) is 0 Å². The number of hydrogen-bond acceptors (Lipinski definition) is 1. The first kappa shape index (κ1) is 10.4. The van der Waals surface area contributed by atoms with E-state index in [1.165, 1.54) is 0 Å². The molecule has 2 rings (SSSR count). The fourth-order valence-electron chi connectivity index (χ4n) is 1.67. The van der Waals surface area contributed by atoms with Crippen molar-refractivity contribution in [3.8, 4) is 0 Å². The Kier molecular flexibility index (Phi) is 2.73. The van der Waals surface area contributed by atoms with Crippen LogP contribution in [0.2, 0.25) is 0 Å². The van der Waals surface area contributed by atoms with Crippen LogP contribution in [0.1, 0.15) is 12.5 Å². The molecule has 2 nitrogen and oxygen atoms in total. The van der Waals surface area contributed by atoms with Gasteiger partial charge in [0.15, 0.2) is 0 Å². The SMILES string of the molecule is C/C(=C\c1cccc2ccccc12)C(=O)O. The van der Waals surface area contributed by atoms with Gasteiger partial charge in [-0.25, -0.2) is 4.79 Å². The highest BCUT2D eigenvalue weighted by Gasteiger charge is 2.02. The maximum Gasteiger partial charge on any atom is 0.331 e. The Bertz CT molecular complexity index is 562. The van der Waals surface area contributed by atoms with Crippen LogP contribution in [0.4, 0.5) is 0 Å². The molecule has 0 atom stereocenters. The van der Waals surface area contributed by atoms with Crippen molar-refractivity contribution in [1.29, 1.82) is 0 Å². The molecule has 0 bridgehead atoms. The van der Waals surface area contributed by atoms with E-state index in [-0.39, 0.29) is 0 Å². The molecule has 2 heteroatoms. The van der Waals surface area contributed by atoms with E-state index in [1.807, 2.05) is 42.5 Å². The van der Waals surface area contributed by atoms with Crippen LogP contribution in [-0.2, 0) is 4.79 Å². The lowest BCUT2D eigenvalue weighted by Crippen LogP contribution is -1.95. The number of benzene rings is 2. The molecule has 0 saturated carbocycles. The smallest absolute Gasteiger partial charge is 0.331 e. The van der Waals surface area contributed by atoms with E-state index in [0.717, 1.165) is 16.3 Å². The first-order valence-corrected chi connectivity index (χ1v) is 5.08. The van der Waals surface area contributed by atoms with Crippen LogP contribution in [0.15, 0.2) is 48.0 Å². The van der Waals surface area contributed by atoms with Gasteiger partial charge in [-0.15, -0.1) is 0 Å². The molecule has 0 spiro atoms. The van der Waals surface area contributed by atoms with E-state index in [9.17, 15) is 4.79 Å². The van der Waals surface area contributed by atoms with Crippen molar-refractivity contribution in [3.63, 3.8) is 0 Å². The van der Waals surface area contributed by atoms with E-state index < -0.39 is 5.97 Å². The van der Waals surface area contributed by atoms with Gasteiger partial charge in [-0.2, -0.15) is 0 Å². The summed E-state index contributed by atoms with van der Waals surface area (Å²) in [6.45, 7) is 1.60. The zero-order valence-corrected chi connectivity index (χ0v) is 8.97. The van der Waals surface area contributed by atoms with Gasteiger partial charge >= 0.3 is 5.97 Å². The summed E-state index contributed by atoms with van der Waals surface area (Å²) in [4.78, 5) is 10.8. The standard InChI is InChI=1S/C14H12O2/c1-10(14(15)16)9-12-7-4-6-11-5-2-3-8-13(11)12/h2-9H,1H3,(H,15,16)/b10-9+. The molecule has 0 aromatic heterocycles. The van der Waals surface area contributed by atoms with Crippen molar-refractivity contribution in [3.05, 3.63) is 53.6 Å². The Morgan fingerprint density at radius 2 is 1.81 bits per heavy atom. The number of aliphatic carboxylic acids is 1. The van der Waals surface area contributed by atoms with Gasteiger partial charge in [-0.05, 0) is 29.3 Å². The van der Waals surface area contributed by atoms with Gasteiger partial charge in [0.05, 0.1) is 0 Å². The topological polar surface area (TPSA) is 37.3 Å². The molecule has 2 aromatic rings. The number of carbonyl (C=O) groups is 1. The Morgan fingerprint density at radius 1 is 1.12 bits per heavy atom. The minimum atomic E-state index is -0.882. The highest BCUT2D eigenvalue weighted by molar-refractivity contribution is 5.97. The fraction of sp³-hybridized carbons (Fsp3) is 0.0714. The number of rotatable bonds is 2. The average molecular weight is 212 g/mol. The van der Waals surface area contributed by atoms with Gasteiger partial charge < -0.3 is 5.11 Å². The lowest BCUT2D eigenvalue weighted by Gasteiger charge is -2.02. The Balaban J connectivity index is 2.61. The molecule has 16 heavy (non-hydrogen) atoms. The third-order valence-corrected chi connectivity index (χ3v) is 2.53. The first-order valence-electron chi connectivity index (χ1n) is 5.08. The van der Waals surface area contributed by atoms with Crippen molar-refractivity contribution in [1.82, 2.24) is 0 Å². The van der Waals surface area contributed by atoms with Crippen molar-refractivity contribution in [2.75, 3.05) is 0 Å². The molecule has 2 aromatic carbocycles. The van der Waals surface area contributed by atoms with E-state index in [4.69, 9.17) is 5.11 Å². The van der Waals surface area contributed by atoms with Gasteiger partial charge in [0.2, 0.25) is 0 Å². The minimum Gasteiger partial charge on any atom is -0.478 e. The summed E-state index contributed by atoms with van der Waals surface area (Å²) in [5.41, 5.74) is 1.29. The van der Waals surface area contributed by atoms with Crippen LogP contribution < -0.4 is 0 Å². The van der Waals surface area contributed by atoms with E-state index in [1.54, 1.807) is 13.0 Å². The molecule has 0 fully saturated rings. The normalized spacial score (nSPS) is 11.7. The maximum absolute atomic E-state index is 10.8. The molecule has 0 saturated heterocycles. The Labute approximate surface area is 93.8 Å². The molecule has 80 valence electrons. The summed E-state index contributed by atoms with van der Waals surface area (Å²) in [5.74, 6) is -0.882. The van der Waals surface area contributed by atoms with Crippen LogP contribution in [0.5, 0.6) is 0 Å². The summed E-state index contributed by atoms with van der Waals surface area (Å²) in [7, 11) is 0. The molecular weight excluding hydrogens is 200 g/mol. The van der Waals surface area contributed by atoms with Crippen molar-refractivity contribution in [2.45, 2.75) is 6.92 Å². The summed E-state index contributed by atoms with van der Waals surface area (Å²) in [6, 6.07) is 13.8. The molecular formula is C14H12O2. The van der Waals surface area contributed by atoms with E-state index in [0.29, 0.717) is 5.57 Å². The minimum absolute atomic E-state index is 0.344. The molecule has 0 unspecified atom stereocenters. The van der Waals surface area contributed by atoms with Crippen LogP contribution >= 0.6 is 0 Å². The van der Waals surface area contributed by atoms with Gasteiger partial charge in [0.25, 0.3) is 0 Å². The lowest BCUT2D eigenvalue weighted by atomic mass is 10.0. The summed E-state index contributed by atoms with van der Waals surface area (Å²) >= 11 is 0. The third kappa shape index (κ3) is 1.96. The zero-order valence-electron chi connectivity index (χ0n) is 8.97. The predicted octanol–water partition coefficient (Wildman–Crippen LogP) is 3.33.